The van der Waals surface area contributed by atoms with Gasteiger partial charge in [-0.2, -0.15) is 5.10 Å². The molecule has 2 atom stereocenters. The Morgan fingerprint density at radius 3 is 2.73 bits per heavy atom. The second kappa shape index (κ2) is 5.66. The molecule has 86 valence electrons. The standard InChI is InChI=1S/C11H20BrN3/c1-4-8(3)6-10(13)11-9(12)7-14-15(11)5-2/h7-8,10H,4-6,13H2,1-3H3. The van der Waals surface area contributed by atoms with Crippen molar-refractivity contribution in [3.05, 3.63) is 16.4 Å². The van der Waals surface area contributed by atoms with Gasteiger partial charge in [0.2, 0.25) is 0 Å². The maximum Gasteiger partial charge on any atom is 0.0693 e. The van der Waals surface area contributed by atoms with Crippen molar-refractivity contribution >= 4 is 15.9 Å². The Kier molecular flexibility index (Phi) is 4.80. The van der Waals surface area contributed by atoms with Crippen LogP contribution in [0.4, 0.5) is 0 Å². The van der Waals surface area contributed by atoms with Crippen molar-refractivity contribution in [3.63, 3.8) is 0 Å². The fourth-order valence-corrected chi connectivity index (χ4v) is 2.29. The molecule has 0 radical (unpaired) electrons. The summed E-state index contributed by atoms with van der Waals surface area (Å²) < 4.78 is 3.00. The molecule has 1 aromatic rings. The number of halogens is 1. The lowest BCUT2D eigenvalue weighted by atomic mass is 9.98. The van der Waals surface area contributed by atoms with Crippen molar-refractivity contribution in [2.24, 2.45) is 11.7 Å². The lowest BCUT2D eigenvalue weighted by Gasteiger charge is -2.17. The van der Waals surface area contributed by atoms with Gasteiger partial charge in [0.05, 0.1) is 16.4 Å². The molecule has 1 aromatic heterocycles. The Hall–Kier alpha value is -0.350. The van der Waals surface area contributed by atoms with E-state index in [-0.39, 0.29) is 6.04 Å². The smallest absolute Gasteiger partial charge is 0.0693 e. The van der Waals surface area contributed by atoms with Gasteiger partial charge in [-0.15, -0.1) is 0 Å². The minimum atomic E-state index is 0.0803. The quantitative estimate of drug-likeness (QED) is 0.896. The highest BCUT2D eigenvalue weighted by molar-refractivity contribution is 9.10. The summed E-state index contributed by atoms with van der Waals surface area (Å²) in [5, 5.41) is 4.28. The number of nitrogens with two attached hydrogens (primary N) is 1. The maximum absolute atomic E-state index is 6.20. The van der Waals surface area contributed by atoms with Crippen LogP contribution in [0, 0.1) is 5.92 Å². The summed E-state index contributed by atoms with van der Waals surface area (Å²) in [5.74, 6) is 0.659. The topological polar surface area (TPSA) is 43.8 Å². The van der Waals surface area contributed by atoms with Crippen LogP contribution in [0.5, 0.6) is 0 Å². The molecule has 0 aliphatic carbocycles. The number of aromatic nitrogens is 2. The Morgan fingerprint density at radius 1 is 1.53 bits per heavy atom. The SMILES string of the molecule is CCC(C)CC(N)c1c(Br)cnn1CC. The summed E-state index contributed by atoms with van der Waals surface area (Å²) in [5.41, 5.74) is 7.33. The Morgan fingerprint density at radius 2 is 2.20 bits per heavy atom. The van der Waals surface area contributed by atoms with Crippen LogP contribution in [0.15, 0.2) is 10.7 Å². The van der Waals surface area contributed by atoms with Crippen LogP contribution in [-0.2, 0) is 6.54 Å². The van der Waals surface area contributed by atoms with Crippen LogP contribution in [0.1, 0.15) is 45.3 Å². The molecule has 0 aliphatic rings. The molecule has 2 N–H and O–H groups in total. The molecule has 0 spiro atoms. The number of rotatable bonds is 5. The summed E-state index contributed by atoms with van der Waals surface area (Å²) in [6, 6.07) is 0.0803. The molecule has 0 amide bonds. The van der Waals surface area contributed by atoms with Crippen LogP contribution in [0.2, 0.25) is 0 Å². The van der Waals surface area contributed by atoms with Gasteiger partial charge in [0.15, 0.2) is 0 Å². The fraction of sp³-hybridized carbons (Fsp3) is 0.727. The average Bonchev–Trinajstić information content (AvgIpc) is 2.59. The first-order chi connectivity index (χ1) is 7.10. The van der Waals surface area contributed by atoms with E-state index in [9.17, 15) is 0 Å². The average molecular weight is 274 g/mol. The molecule has 3 nitrogen and oxygen atoms in total. The number of aryl methyl sites for hydroxylation is 1. The van der Waals surface area contributed by atoms with Gasteiger partial charge in [-0.1, -0.05) is 20.3 Å². The number of nitrogens with zero attached hydrogens (tertiary/aromatic N) is 2. The van der Waals surface area contributed by atoms with Crippen molar-refractivity contribution < 1.29 is 0 Å². The van der Waals surface area contributed by atoms with E-state index in [4.69, 9.17) is 5.73 Å². The molecule has 0 bridgehead atoms. The fourth-order valence-electron chi connectivity index (χ4n) is 1.70. The molecule has 0 aromatic carbocycles. The van der Waals surface area contributed by atoms with Gasteiger partial charge in [-0.05, 0) is 35.2 Å². The Bertz CT molecular complexity index is 309. The largest absolute Gasteiger partial charge is 0.323 e. The van der Waals surface area contributed by atoms with Crippen molar-refractivity contribution in [3.8, 4) is 0 Å². The first-order valence-corrected chi connectivity index (χ1v) is 6.36. The van der Waals surface area contributed by atoms with Crippen LogP contribution >= 0.6 is 15.9 Å². The van der Waals surface area contributed by atoms with Gasteiger partial charge >= 0.3 is 0 Å². The molecule has 4 heteroatoms. The molecule has 1 rings (SSSR count). The van der Waals surface area contributed by atoms with Crippen LogP contribution < -0.4 is 5.73 Å². The molecule has 0 saturated carbocycles. The molecular weight excluding hydrogens is 254 g/mol. The zero-order valence-corrected chi connectivity index (χ0v) is 11.3. The number of hydrogen-bond donors (Lipinski definition) is 1. The van der Waals surface area contributed by atoms with E-state index < -0.39 is 0 Å². The van der Waals surface area contributed by atoms with Gasteiger partial charge in [0, 0.05) is 12.6 Å². The minimum absolute atomic E-state index is 0.0803. The van der Waals surface area contributed by atoms with Crippen molar-refractivity contribution in [1.82, 2.24) is 9.78 Å². The third-order valence-electron chi connectivity index (χ3n) is 2.84. The molecule has 0 fully saturated rings. The normalized spacial score (nSPS) is 15.3. The van der Waals surface area contributed by atoms with E-state index >= 15 is 0 Å². The van der Waals surface area contributed by atoms with Crippen LogP contribution in [0.3, 0.4) is 0 Å². The highest BCUT2D eigenvalue weighted by atomic mass is 79.9. The minimum Gasteiger partial charge on any atom is -0.323 e. The number of hydrogen-bond acceptors (Lipinski definition) is 2. The molecule has 15 heavy (non-hydrogen) atoms. The van der Waals surface area contributed by atoms with Crippen molar-refractivity contribution in [1.29, 1.82) is 0 Å². The third kappa shape index (κ3) is 3.05. The molecule has 0 aliphatic heterocycles. The van der Waals surface area contributed by atoms with E-state index in [1.165, 1.54) is 6.42 Å². The summed E-state index contributed by atoms with van der Waals surface area (Å²) in [4.78, 5) is 0. The second-order valence-electron chi connectivity index (χ2n) is 4.05. The summed E-state index contributed by atoms with van der Waals surface area (Å²) in [6.45, 7) is 7.39. The lowest BCUT2D eigenvalue weighted by Crippen LogP contribution is -2.18. The van der Waals surface area contributed by atoms with Crippen LogP contribution in [-0.4, -0.2) is 9.78 Å². The predicted octanol–water partition coefficient (Wildman–Crippen LogP) is 3.10. The molecule has 0 saturated heterocycles. The van der Waals surface area contributed by atoms with E-state index in [1.807, 2.05) is 10.9 Å². The van der Waals surface area contributed by atoms with E-state index in [0.717, 1.165) is 23.1 Å². The Labute approximate surface area is 100 Å². The van der Waals surface area contributed by atoms with Crippen molar-refractivity contribution in [2.75, 3.05) is 0 Å². The maximum atomic E-state index is 6.20. The van der Waals surface area contributed by atoms with Crippen molar-refractivity contribution in [2.45, 2.75) is 46.2 Å². The molecule has 2 unspecified atom stereocenters. The monoisotopic (exact) mass is 273 g/mol. The van der Waals surface area contributed by atoms with Gasteiger partial charge in [0.25, 0.3) is 0 Å². The van der Waals surface area contributed by atoms with Gasteiger partial charge in [-0.3, -0.25) is 4.68 Å². The van der Waals surface area contributed by atoms with Gasteiger partial charge in [0.1, 0.15) is 0 Å². The highest BCUT2D eigenvalue weighted by Crippen LogP contribution is 2.26. The summed E-state index contributed by atoms with van der Waals surface area (Å²) >= 11 is 3.51. The van der Waals surface area contributed by atoms with E-state index in [0.29, 0.717) is 5.92 Å². The second-order valence-corrected chi connectivity index (χ2v) is 4.90. The zero-order chi connectivity index (χ0) is 11.4. The van der Waals surface area contributed by atoms with E-state index in [1.54, 1.807) is 0 Å². The van der Waals surface area contributed by atoms with Crippen LogP contribution in [0.25, 0.3) is 0 Å². The summed E-state index contributed by atoms with van der Waals surface area (Å²) in [7, 11) is 0. The highest BCUT2D eigenvalue weighted by Gasteiger charge is 2.17. The predicted molar refractivity (Wildman–Crippen MR) is 66.6 cm³/mol. The molecular formula is C11H20BrN3. The third-order valence-corrected chi connectivity index (χ3v) is 3.45. The Balaban J connectivity index is 2.80. The zero-order valence-electron chi connectivity index (χ0n) is 9.70. The van der Waals surface area contributed by atoms with E-state index in [2.05, 4.69) is 41.8 Å². The lowest BCUT2D eigenvalue weighted by molar-refractivity contribution is 0.438. The van der Waals surface area contributed by atoms with Gasteiger partial charge in [-0.25, -0.2) is 0 Å². The summed E-state index contributed by atoms with van der Waals surface area (Å²) in [6.07, 6.45) is 4.02. The first-order valence-electron chi connectivity index (χ1n) is 5.56. The van der Waals surface area contributed by atoms with Gasteiger partial charge < -0.3 is 5.73 Å². The first kappa shape index (κ1) is 12.7. The molecule has 1 heterocycles.